The summed E-state index contributed by atoms with van der Waals surface area (Å²) in [7, 11) is -14.2. The number of nitrogens with zero attached hydrogens (tertiary/aromatic N) is 2. The molecule has 0 heterocycles. The maximum absolute atomic E-state index is 10.2. The minimum atomic E-state index is -3.54. The Hall–Kier alpha value is 4.00. The minimum absolute atomic E-state index is 0. The van der Waals surface area contributed by atoms with Gasteiger partial charge in [0, 0.05) is 10.5 Å². The summed E-state index contributed by atoms with van der Waals surface area (Å²) in [6.45, 7) is -1.56. The van der Waals surface area contributed by atoms with Gasteiger partial charge in [-0.15, -0.1) is 0 Å². The second kappa shape index (κ2) is 23.3. The standard InChI is InChI=1S/C2H4N2O12P4.4Na/c5-17(6)13-3(14-18(7)8)1-2-4(15-19(9)10)16-20(11)12;;;;/h1-2H2;;;;/q;4*+1. The van der Waals surface area contributed by atoms with Gasteiger partial charge in [0.2, 0.25) is 0 Å². The van der Waals surface area contributed by atoms with Crippen LogP contribution in [0.3, 0.4) is 0 Å². The molecule has 0 aromatic carbocycles. The molecule has 0 saturated heterocycles. The van der Waals surface area contributed by atoms with Crippen molar-refractivity contribution in [3.05, 3.63) is 0 Å². The van der Waals surface area contributed by atoms with Crippen molar-refractivity contribution < 1.29 is 175 Å². The van der Waals surface area contributed by atoms with E-state index in [2.05, 4.69) is 18.5 Å². The second-order valence-corrected chi connectivity index (χ2v) is 4.78. The first-order chi connectivity index (χ1) is 9.20. The van der Waals surface area contributed by atoms with Crippen LogP contribution >= 0.6 is 33.0 Å². The molecular formula is C2H4N2Na4O12P4+4. The van der Waals surface area contributed by atoms with E-state index in [4.69, 9.17) is 0 Å². The molecule has 0 aromatic rings. The Morgan fingerprint density at radius 1 is 0.542 bits per heavy atom. The zero-order valence-corrected chi connectivity index (χ0v) is 24.6. The predicted molar refractivity (Wildman–Crippen MR) is 48.2 cm³/mol. The van der Waals surface area contributed by atoms with Gasteiger partial charge in [0.1, 0.15) is 0 Å². The number of rotatable bonds is 11. The van der Waals surface area contributed by atoms with E-state index < -0.39 is 46.1 Å². The molecule has 0 bridgehead atoms. The van der Waals surface area contributed by atoms with Crippen LogP contribution in [0.5, 0.6) is 0 Å². The Morgan fingerprint density at radius 2 is 0.708 bits per heavy atom. The average Bonchev–Trinajstić information content (AvgIpc) is 2.22. The Morgan fingerprint density at radius 3 is 0.833 bits per heavy atom. The van der Waals surface area contributed by atoms with Crippen LogP contribution < -0.4 is 138 Å². The monoisotopic (exact) mass is 464 g/mol. The van der Waals surface area contributed by atoms with Crippen molar-refractivity contribution in [3.8, 4) is 0 Å². The second-order valence-electron chi connectivity index (χ2n) is 2.33. The van der Waals surface area contributed by atoms with Crippen molar-refractivity contribution in [1.82, 2.24) is 10.5 Å². The van der Waals surface area contributed by atoms with Crippen LogP contribution in [0.15, 0.2) is 0 Å². The van der Waals surface area contributed by atoms with Gasteiger partial charge in [-0.1, -0.05) is 0 Å². The Kier molecular flexibility index (Phi) is 37.4. The van der Waals surface area contributed by atoms with E-state index in [0.29, 0.717) is 0 Å². The number of hydrogen-bond acceptors (Lipinski definition) is 14. The molecule has 0 aliphatic heterocycles. The van der Waals surface area contributed by atoms with E-state index in [0.717, 1.165) is 0 Å². The first kappa shape index (κ1) is 38.6. The maximum atomic E-state index is 10.2. The summed E-state index contributed by atoms with van der Waals surface area (Å²) in [6, 6.07) is 0. The molecule has 24 heavy (non-hydrogen) atoms. The van der Waals surface area contributed by atoms with E-state index in [1.807, 2.05) is 0 Å². The molecule has 0 amide bonds. The third kappa shape index (κ3) is 26.0. The summed E-state index contributed by atoms with van der Waals surface area (Å²) >= 11 is 0. The molecule has 0 aliphatic rings. The largest absolute Gasteiger partial charge is 1.00 e. The van der Waals surface area contributed by atoms with Gasteiger partial charge in [0.25, 0.3) is 0 Å². The fraction of sp³-hybridized carbons (Fsp3) is 1.00. The van der Waals surface area contributed by atoms with Crippen LogP contribution in [0.4, 0.5) is 0 Å². The van der Waals surface area contributed by atoms with Gasteiger partial charge in [0.05, 0.1) is 13.1 Å². The van der Waals surface area contributed by atoms with Crippen LogP contribution in [-0.2, 0) is 36.8 Å². The summed E-state index contributed by atoms with van der Waals surface area (Å²) in [5.41, 5.74) is 0. The molecule has 114 valence electrons. The van der Waals surface area contributed by atoms with Gasteiger partial charge >= 0.3 is 151 Å². The quantitative estimate of drug-likeness (QED) is 0.158. The van der Waals surface area contributed by atoms with Crippen molar-refractivity contribution in [2.45, 2.75) is 0 Å². The summed E-state index contributed by atoms with van der Waals surface area (Å²) in [5, 5.41) is -0.181. The normalized spacial score (nSPS) is 12.1. The van der Waals surface area contributed by atoms with E-state index >= 15 is 0 Å². The Balaban J connectivity index is -0.000000301. The molecule has 0 saturated carbocycles. The van der Waals surface area contributed by atoms with Gasteiger partial charge in [0.15, 0.2) is 0 Å². The first-order valence-electron chi connectivity index (χ1n) is 4.05. The summed E-state index contributed by atoms with van der Waals surface area (Å²) in [5.74, 6) is 0. The Bertz CT molecular complexity index is 335. The maximum Gasteiger partial charge on any atom is 1.00 e. The molecule has 0 N–H and O–H groups in total. The van der Waals surface area contributed by atoms with Crippen LogP contribution in [0.25, 0.3) is 0 Å². The molecular weight excluding hydrogens is 460 g/mol. The van der Waals surface area contributed by atoms with Gasteiger partial charge in [-0.25, -0.2) is 0 Å². The fourth-order valence-electron chi connectivity index (χ4n) is 0.654. The van der Waals surface area contributed by atoms with E-state index in [1.165, 1.54) is 0 Å². The van der Waals surface area contributed by atoms with Gasteiger partial charge in [-0.05, 0) is 36.8 Å². The first-order valence-corrected chi connectivity index (χ1v) is 8.44. The predicted octanol–water partition coefficient (Wildman–Crippen LogP) is -14.6. The summed E-state index contributed by atoms with van der Waals surface area (Å²) in [6.07, 6.45) is 0. The molecule has 0 radical (unpaired) electrons. The van der Waals surface area contributed by atoms with Gasteiger partial charge in [-0.2, -0.15) is 0 Å². The number of hydrogen-bond donors (Lipinski definition) is 0. The smallest absolute Gasteiger partial charge is 0.565 e. The molecule has 0 aliphatic carbocycles. The van der Waals surface area contributed by atoms with E-state index in [-0.39, 0.29) is 129 Å². The molecule has 4 atom stereocenters. The minimum Gasteiger partial charge on any atom is -0.565 e. The fourth-order valence-corrected chi connectivity index (χ4v) is 1.81. The zero-order chi connectivity index (χ0) is 15.7. The van der Waals surface area contributed by atoms with Crippen LogP contribution in [-0.4, -0.2) is 23.5 Å². The molecule has 0 fully saturated rings. The van der Waals surface area contributed by atoms with Crippen LogP contribution in [0, 0.1) is 0 Å². The van der Waals surface area contributed by atoms with E-state index in [9.17, 15) is 37.8 Å². The number of hydroxylamine groups is 4. The Labute approximate surface area is 227 Å². The molecule has 0 spiro atoms. The molecule has 0 aromatic heterocycles. The molecule has 0 rings (SSSR count). The molecule has 14 nitrogen and oxygen atoms in total. The van der Waals surface area contributed by atoms with Crippen molar-refractivity contribution in [2.75, 3.05) is 13.1 Å². The van der Waals surface area contributed by atoms with Gasteiger partial charge in [-0.3, -0.25) is 0 Å². The van der Waals surface area contributed by atoms with Crippen molar-refractivity contribution in [3.63, 3.8) is 0 Å². The van der Waals surface area contributed by atoms with Crippen LogP contribution in [0.1, 0.15) is 0 Å². The third-order valence-electron chi connectivity index (χ3n) is 1.10. The van der Waals surface area contributed by atoms with Crippen LogP contribution in [0.2, 0.25) is 0 Å². The third-order valence-corrected chi connectivity index (χ3v) is 2.36. The zero-order valence-electron chi connectivity index (χ0n) is 13.0. The van der Waals surface area contributed by atoms with E-state index in [1.54, 1.807) is 0 Å². The average molecular weight is 464 g/mol. The summed E-state index contributed by atoms with van der Waals surface area (Å²) in [4.78, 5) is 40.9. The van der Waals surface area contributed by atoms with Crippen molar-refractivity contribution >= 4 is 33.0 Å². The summed E-state index contributed by atoms with van der Waals surface area (Å²) < 4.78 is 56.3. The molecule has 4 unspecified atom stereocenters. The van der Waals surface area contributed by atoms with Crippen molar-refractivity contribution in [2.24, 2.45) is 0 Å². The van der Waals surface area contributed by atoms with Crippen molar-refractivity contribution in [1.29, 1.82) is 0 Å². The topological polar surface area (TPSA) is 204 Å². The molecule has 22 heteroatoms. The van der Waals surface area contributed by atoms with Gasteiger partial charge < -0.3 is 19.6 Å². The SMILES string of the molecule is O=[P+]([O-])ON(CCN(O[P+](=O)[O-])O[P+](=O)[O-])O[P+](=O)[O-].[Na+].[Na+].[Na+].[Na+].